The van der Waals surface area contributed by atoms with Crippen molar-refractivity contribution in [1.29, 1.82) is 5.26 Å². The summed E-state index contributed by atoms with van der Waals surface area (Å²) in [5, 5.41) is 24.8. The zero-order valence-electron chi connectivity index (χ0n) is 54.6. The van der Waals surface area contributed by atoms with Crippen LogP contribution in [0, 0.1) is 45.6 Å². The molecule has 0 N–H and O–H groups in total. The predicted octanol–water partition coefficient (Wildman–Crippen LogP) is 25.4. The minimum absolute atomic E-state index is 0.0196. The molecule has 1 aliphatic heterocycles. The van der Waals surface area contributed by atoms with Gasteiger partial charge in [0.1, 0.15) is 0 Å². The Morgan fingerprint density at radius 3 is 1.32 bits per heavy atom. The van der Waals surface area contributed by atoms with Crippen LogP contribution < -0.4 is 19.6 Å². The SMILES string of the molecule is Cc1cc(N(c2ccccc2)c2ccccc2)c2ccc3c(C)cc(N(c4ccccc4)c4ccccc4)c4ccc1c2c34.[C-]#[N+]c1ccc2c(c1)C(C)(C)C(c1ccccc1)N2c1ccc2ccc3c(N(c4cc(C)cc(C)c4)c4cccc(C#N)c4)ccc4ccc1c2c43. The van der Waals surface area contributed by atoms with E-state index in [2.05, 4.69) is 345 Å². The van der Waals surface area contributed by atoms with Crippen molar-refractivity contribution in [2.45, 2.75) is 53.0 Å². The Hall–Kier alpha value is -12.2. The molecule has 17 rings (SSSR count). The van der Waals surface area contributed by atoms with Crippen LogP contribution in [-0.4, -0.2) is 0 Å². The molecule has 0 aromatic heterocycles. The van der Waals surface area contributed by atoms with E-state index in [0.29, 0.717) is 11.3 Å². The number of nitrogens with zero attached hydrogens (tertiary/aromatic N) is 6. The third-order valence-corrected chi connectivity index (χ3v) is 19.7. The first-order chi connectivity index (χ1) is 46.9. The van der Waals surface area contributed by atoms with Crippen LogP contribution in [0.5, 0.6) is 0 Å². The molecule has 16 aromatic rings. The molecule has 0 amide bonds. The molecule has 0 radical (unpaired) electrons. The van der Waals surface area contributed by atoms with Crippen molar-refractivity contribution in [3.8, 4) is 6.07 Å². The molecule has 0 spiro atoms. The van der Waals surface area contributed by atoms with Gasteiger partial charge in [-0.15, -0.1) is 0 Å². The van der Waals surface area contributed by atoms with Gasteiger partial charge in [0.25, 0.3) is 0 Å². The van der Waals surface area contributed by atoms with E-state index in [1.54, 1.807) is 0 Å². The molecule has 16 aromatic carbocycles. The van der Waals surface area contributed by atoms with Crippen molar-refractivity contribution in [3.63, 3.8) is 0 Å². The molecule has 1 unspecified atom stereocenters. The average Bonchev–Trinajstić information content (AvgIpc) is 1.13. The maximum atomic E-state index is 9.87. The maximum Gasteiger partial charge on any atom is 0.187 e. The summed E-state index contributed by atoms with van der Waals surface area (Å²) in [6.45, 7) is 21.2. The Kier molecular flexibility index (Phi) is 14.5. The van der Waals surface area contributed by atoms with Crippen LogP contribution in [0.3, 0.4) is 0 Å². The molecule has 96 heavy (non-hydrogen) atoms. The molecule has 1 atom stereocenters. The molecule has 0 bridgehead atoms. The van der Waals surface area contributed by atoms with E-state index in [0.717, 1.165) is 56.6 Å². The minimum Gasteiger partial charge on any atom is -0.332 e. The second-order valence-electron chi connectivity index (χ2n) is 26.2. The molecule has 458 valence electrons. The van der Waals surface area contributed by atoms with Gasteiger partial charge >= 0.3 is 0 Å². The maximum absolute atomic E-state index is 9.87. The van der Waals surface area contributed by atoms with E-state index in [4.69, 9.17) is 6.57 Å². The number of rotatable bonds is 11. The van der Waals surface area contributed by atoms with Crippen molar-refractivity contribution >= 4 is 133 Å². The van der Waals surface area contributed by atoms with Crippen molar-refractivity contribution in [1.82, 2.24) is 0 Å². The average molecular weight is 1230 g/mol. The van der Waals surface area contributed by atoms with Gasteiger partial charge in [-0.05, 0) is 213 Å². The Morgan fingerprint density at radius 1 is 0.375 bits per heavy atom. The van der Waals surface area contributed by atoms with Gasteiger partial charge in [0, 0.05) is 72.5 Å². The number of hydrogen-bond acceptors (Lipinski definition) is 5. The molecule has 0 saturated heterocycles. The number of anilines is 11. The highest BCUT2D eigenvalue weighted by Crippen LogP contribution is 2.59. The Morgan fingerprint density at radius 2 is 0.802 bits per heavy atom. The fourth-order valence-corrected chi connectivity index (χ4v) is 15.6. The summed E-state index contributed by atoms with van der Waals surface area (Å²) in [7, 11) is 0. The van der Waals surface area contributed by atoms with Crippen LogP contribution in [0.4, 0.5) is 68.2 Å². The number of benzene rings is 16. The summed E-state index contributed by atoms with van der Waals surface area (Å²) in [5.74, 6) is 0. The lowest BCUT2D eigenvalue weighted by Crippen LogP contribution is -2.31. The van der Waals surface area contributed by atoms with Gasteiger partial charge in [0.15, 0.2) is 5.69 Å². The third kappa shape index (κ3) is 9.85. The quantitative estimate of drug-likeness (QED) is 0.0953. The van der Waals surface area contributed by atoms with Gasteiger partial charge in [0.05, 0.1) is 41.3 Å². The monoisotopic (exact) mass is 1230 g/mol. The number of nitriles is 1. The Labute approximate surface area is 561 Å². The summed E-state index contributed by atoms with van der Waals surface area (Å²) >= 11 is 0. The third-order valence-electron chi connectivity index (χ3n) is 19.7. The van der Waals surface area contributed by atoms with E-state index >= 15 is 0 Å². The van der Waals surface area contributed by atoms with Gasteiger partial charge in [-0.25, -0.2) is 4.85 Å². The molecule has 6 nitrogen and oxygen atoms in total. The van der Waals surface area contributed by atoms with E-state index in [9.17, 15) is 5.26 Å². The lowest BCUT2D eigenvalue weighted by molar-refractivity contribution is 0.449. The minimum atomic E-state index is -0.265. The molecule has 0 fully saturated rings. The van der Waals surface area contributed by atoms with Crippen LogP contribution in [0.1, 0.15) is 58.8 Å². The standard InChI is InChI=1S/C48H36N4.C42H32N2/c1-30-24-31(2)26-38(25-30)51(37-13-9-10-32(27-37)29-49)42-21-16-33-15-20-40-43(22-17-34-14-19-39(42)45(33)46(34)40)52-44-23-18-36(50-5)28-41(44)48(3,4)47(52)35-11-7-6-8-12-35;1-29-27-39(43(31-15-7-3-8-16-31)32-17-9-4-10-18-32)37-26-24-36-30(2)28-40(38-25-23-35(29)41(37)42(36)38)44(33-19-11-5-12-20-33)34-21-13-6-14-22-34/h6-28,47H,1-4H3;3-28H,1-2H3. The van der Waals surface area contributed by atoms with Gasteiger partial charge in [-0.2, -0.15) is 5.26 Å². The smallest absolute Gasteiger partial charge is 0.187 e. The van der Waals surface area contributed by atoms with E-state index in [1.807, 2.05) is 24.3 Å². The summed E-state index contributed by atoms with van der Waals surface area (Å²) in [4.78, 5) is 13.4. The molecular weight excluding hydrogens is 1170 g/mol. The van der Waals surface area contributed by atoms with E-state index in [-0.39, 0.29) is 11.5 Å². The Bertz CT molecular complexity index is 5450. The van der Waals surface area contributed by atoms with Gasteiger partial charge in [0.2, 0.25) is 0 Å². The largest absolute Gasteiger partial charge is 0.332 e. The highest BCUT2D eigenvalue weighted by atomic mass is 15.2. The fraction of sp³-hybridized carbons (Fsp3) is 0.0889. The fourth-order valence-electron chi connectivity index (χ4n) is 15.6. The van der Waals surface area contributed by atoms with Crippen LogP contribution >= 0.6 is 0 Å². The zero-order valence-corrected chi connectivity index (χ0v) is 54.6. The van der Waals surface area contributed by atoms with Crippen molar-refractivity contribution in [2.75, 3.05) is 19.6 Å². The first-order valence-corrected chi connectivity index (χ1v) is 32.9. The van der Waals surface area contributed by atoms with Crippen molar-refractivity contribution in [3.05, 3.63) is 348 Å². The molecule has 1 heterocycles. The number of fused-ring (bicyclic) bond motifs is 1. The van der Waals surface area contributed by atoms with E-state index < -0.39 is 0 Å². The lowest BCUT2D eigenvalue weighted by atomic mass is 9.77. The predicted molar refractivity (Wildman–Crippen MR) is 405 cm³/mol. The topological polar surface area (TPSA) is 41.1 Å². The molecule has 1 aliphatic rings. The van der Waals surface area contributed by atoms with Gasteiger partial charge < -0.3 is 19.6 Å². The lowest BCUT2D eigenvalue weighted by Gasteiger charge is -2.36. The summed E-state index contributed by atoms with van der Waals surface area (Å²) in [6, 6.07) is 109. The Balaban J connectivity index is 0.000000153. The molecular formula is C90H68N6. The van der Waals surface area contributed by atoms with Gasteiger partial charge in [-0.3, -0.25) is 0 Å². The summed E-state index contributed by atoms with van der Waals surface area (Å²) in [6.07, 6.45) is 0. The normalized spacial score (nSPS) is 13.2. The molecule has 0 saturated carbocycles. The summed E-state index contributed by atoms with van der Waals surface area (Å²) < 4.78 is 0. The first kappa shape index (κ1) is 58.8. The summed E-state index contributed by atoms with van der Waals surface area (Å²) in [5.41, 5.74) is 20.7. The van der Waals surface area contributed by atoms with Crippen LogP contribution in [0.15, 0.2) is 297 Å². The van der Waals surface area contributed by atoms with Crippen LogP contribution in [0.2, 0.25) is 0 Å². The van der Waals surface area contributed by atoms with Crippen LogP contribution in [-0.2, 0) is 5.41 Å². The number of hydrogen-bond donors (Lipinski definition) is 0. The zero-order chi connectivity index (χ0) is 65.3. The second-order valence-corrected chi connectivity index (χ2v) is 26.2. The highest BCUT2D eigenvalue weighted by molar-refractivity contribution is 6.30. The van der Waals surface area contributed by atoms with Crippen LogP contribution in [0.25, 0.3) is 69.5 Å². The van der Waals surface area contributed by atoms with E-state index in [1.165, 1.54) is 104 Å². The van der Waals surface area contributed by atoms with Crippen molar-refractivity contribution < 1.29 is 0 Å². The first-order valence-electron chi connectivity index (χ1n) is 32.9. The molecule has 0 aliphatic carbocycles. The number of para-hydroxylation sites is 4. The van der Waals surface area contributed by atoms with Gasteiger partial charge in [-0.1, -0.05) is 202 Å². The molecule has 6 heteroatoms. The number of aryl methyl sites for hydroxylation is 4. The second kappa shape index (κ2) is 23.7. The highest BCUT2D eigenvalue weighted by Gasteiger charge is 2.46. The van der Waals surface area contributed by atoms with Crippen molar-refractivity contribution in [2.24, 2.45) is 0 Å².